The number of nitrogens with one attached hydrogen (secondary N) is 1. The lowest BCUT2D eigenvalue weighted by Gasteiger charge is -2.21. The first-order valence-electron chi connectivity index (χ1n) is 10.1. The summed E-state index contributed by atoms with van der Waals surface area (Å²) in [6.45, 7) is 5.74. The third-order valence-corrected chi connectivity index (χ3v) is 5.78. The fourth-order valence-electron chi connectivity index (χ4n) is 4.08. The minimum absolute atomic E-state index is 0.160. The quantitative estimate of drug-likeness (QED) is 0.478. The van der Waals surface area contributed by atoms with E-state index in [2.05, 4.69) is 10.4 Å². The molecule has 0 spiro atoms. The van der Waals surface area contributed by atoms with Gasteiger partial charge in [-0.05, 0) is 50.6 Å². The molecule has 6 nitrogen and oxygen atoms in total. The zero-order valence-electron chi connectivity index (χ0n) is 17.6. The number of amides is 1. The highest BCUT2D eigenvalue weighted by Crippen LogP contribution is 2.29. The van der Waals surface area contributed by atoms with Gasteiger partial charge in [-0.3, -0.25) is 9.59 Å². The predicted molar refractivity (Wildman–Crippen MR) is 124 cm³/mol. The van der Waals surface area contributed by atoms with Crippen molar-refractivity contribution < 1.29 is 4.79 Å². The molecular weight excluding hydrogens is 412 g/mol. The Kier molecular flexibility index (Phi) is 5.65. The lowest BCUT2D eigenvalue weighted by molar-refractivity contribution is -0.119. The van der Waals surface area contributed by atoms with Crippen LogP contribution in [0.25, 0.3) is 16.5 Å². The molecule has 31 heavy (non-hydrogen) atoms. The number of anilines is 1. The van der Waals surface area contributed by atoms with E-state index in [-0.39, 0.29) is 11.5 Å². The maximum absolute atomic E-state index is 13.3. The van der Waals surface area contributed by atoms with Crippen LogP contribution < -0.4 is 10.9 Å². The van der Waals surface area contributed by atoms with Crippen molar-refractivity contribution in [2.24, 2.45) is 0 Å². The number of nitrogens with zero attached hydrogens (tertiary/aromatic N) is 3. The summed E-state index contributed by atoms with van der Waals surface area (Å²) in [5.41, 5.74) is 2.72. The number of halogens is 1. The van der Waals surface area contributed by atoms with Gasteiger partial charge in [-0.15, -0.1) is 0 Å². The maximum Gasteiger partial charge on any atom is 0.281 e. The molecule has 0 saturated carbocycles. The minimum Gasteiger partial charge on any atom is -0.335 e. The van der Waals surface area contributed by atoms with Gasteiger partial charge in [-0.1, -0.05) is 42.8 Å². The molecule has 2 heterocycles. The Bertz CT molecular complexity index is 1320. The number of aromatic nitrogens is 3. The average molecular weight is 435 g/mol. The van der Waals surface area contributed by atoms with Crippen LogP contribution in [-0.2, 0) is 4.79 Å². The van der Waals surface area contributed by atoms with Crippen LogP contribution in [0.15, 0.2) is 65.6 Å². The van der Waals surface area contributed by atoms with Crippen molar-refractivity contribution >= 4 is 34.0 Å². The van der Waals surface area contributed by atoms with Gasteiger partial charge in [-0.25, -0.2) is 0 Å². The highest BCUT2D eigenvalue weighted by Gasteiger charge is 2.25. The molecule has 2 aromatic carbocycles. The fraction of sp³-hybridized carbons (Fsp3) is 0.208. The summed E-state index contributed by atoms with van der Waals surface area (Å²) in [7, 11) is 0. The molecule has 4 rings (SSSR count). The first-order chi connectivity index (χ1) is 14.9. The standard InChI is InChI=1S/C24H23ClN4O2/c1-4-21(23(30)27-18-10-8-9-17(25)13-18)28-15(2)20-14-26-29(19-11-6-5-7-12-19)24(31)22(20)16(28)3/h5-14,21H,4H2,1-3H3,(H,27,30)/t21-/m1/s1. The van der Waals surface area contributed by atoms with Gasteiger partial charge in [0.15, 0.2) is 0 Å². The zero-order valence-corrected chi connectivity index (χ0v) is 18.3. The van der Waals surface area contributed by atoms with Crippen LogP contribution in [0.5, 0.6) is 0 Å². The molecular formula is C24H23ClN4O2. The van der Waals surface area contributed by atoms with Crippen molar-refractivity contribution in [2.45, 2.75) is 33.2 Å². The van der Waals surface area contributed by atoms with E-state index >= 15 is 0 Å². The number of carbonyl (C=O) groups is 1. The molecule has 1 N–H and O–H groups in total. The zero-order chi connectivity index (χ0) is 22.1. The molecule has 158 valence electrons. The first-order valence-corrected chi connectivity index (χ1v) is 10.5. The summed E-state index contributed by atoms with van der Waals surface area (Å²) < 4.78 is 3.33. The second-order valence-corrected chi connectivity index (χ2v) is 7.89. The number of hydrogen-bond donors (Lipinski definition) is 1. The number of hydrogen-bond acceptors (Lipinski definition) is 3. The van der Waals surface area contributed by atoms with E-state index in [9.17, 15) is 9.59 Å². The van der Waals surface area contributed by atoms with E-state index in [1.807, 2.05) is 55.7 Å². The Morgan fingerprint density at radius 1 is 1.10 bits per heavy atom. The van der Waals surface area contributed by atoms with Gasteiger partial charge in [-0.2, -0.15) is 9.78 Å². The van der Waals surface area contributed by atoms with Crippen molar-refractivity contribution in [3.05, 3.63) is 87.6 Å². The molecule has 7 heteroatoms. The van der Waals surface area contributed by atoms with Crippen molar-refractivity contribution in [1.29, 1.82) is 0 Å². The molecule has 1 atom stereocenters. The lowest BCUT2D eigenvalue weighted by atomic mass is 10.2. The SMILES string of the molecule is CC[C@H](C(=O)Nc1cccc(Cl)c1)n1c(C)c2cnn(-c3ccccc3)c(=O)c2c1C. The van der Waals surface area contributed by atoms with Gasteiger partial charge in [0.25, 0.3) is 5.56 Å². The summed E-state index contributed by atoms with van der Waals surface area (Å²) in [6.07, 6.45) is 2.26. The molecule has 0 aliphatic rings. The van der Waals surface area contributed by atoms with Crippen molar-refractivity contribution in [2.75, 3.05) is 5.32 Å². The molecule has 1 amide bonds. The fourth-order valence-corrected chi connectivity index (χ4v) is 4.27. The number of benzene rings is 2. The number of fused-ring (bicyclic) bond motifs is 1. The van der Waals surface area contributed by atoms with E-state index in [4.69, 9.17) is 11.6 Å². The third-order valence-electron chi connectivity index (χ3n) is 5.55. The number of carbonyl (C=O) groups excluding carboxylic acids is 1. The van der Waals surface area contributed by atoms with E-state index < -0.39 is 6.04 Å². The second kappa shape index (κ2) is 8.40. The van der Waals surface area contributed by atoms with Crippen LogP contribution in [0, 0.1) is 13.8 Å². The van der Waals surface area contributed by atoms with Crippen LogP contribution >= 0.6 is 11.6 Å². The Morgan fingerprint density at radius 3 is 2.52 bits per heavy atom. The largest absolute Gasteiger partial charge is 0.335 e. The maximum atomic E-state index is 13.3. The van der Waals surface area contributed by atoms with Crippen LogP contribution in [0.4, 0.5) is 5.69 Å². The summed E-state index contributed by atoms with van der Waals surface area (Å²) in [4.78, 5) is 26.4. The van der Waals surface area contributed by atoms with E-state index in [0.717, 1.165) is 16.8 Å². The van der Waals surface area contributed by atoms with Crippen LogP contribution in [-0.4, -0.2) is 20.3 Å². The molecule has 0 aliphatic carbocycles. The summed E-state index contributed by atoms with van der Waals surface area (Å²) >= 11 is 6.04. The molecule has 0 bridgehead atoms. The summed E-state index contributed by atoms with van der Waals surface area (Å²) in [5.74, 6) is -0.160. The van der Waals surface area contributed by atoms with Gasteiger partial charge < -0.3 is 9.88 Å². The van der Waals surface area contributed by atoms with E-state index in [1.54, 1.807) is 30.5 Å². The molecule has 0 radical (unpaired) electrons. The minimum atomic E-state index is -0.476. The smallest absolute Gasteiger partial charge is 0.281 e. The van der Waals surface area contributed by atoms with Gasteiger partial charge >= 0.3 is 0 Å². The molecule has 0 unspecified atom stereocenters. The monoisotopic (exact) mass is 434 g/mol. The Hall–Kier alpha value is -3.38. The van der Waals surface area contributed by atoms with E-state index in [1.165, 1.54) is 4.68 Å². The van der Waals surface area contributed by atoms with Gasteiger partial charge in [0.05, 0.1) is 17.3 Å². The first kappa shape index (κ1) is 20.9. The van der Waals surface area contributed by atoms with Gasteiger partial charge in [0, 0.05) is 27.5 Å². The van der Waals surface area contributed by atoms with Crippen molar-refractivity contribution in [1.82, 2.24) is 14.3 Å². The highest BCUT2D eigenvalue weighted by atomic mass is 35.5. The molecule has 0 fully saturated rings. The summed E-state index contributed by atoms with van der Waals surface area (Å²) in [6, 6.07) is 15.9. The third kappa shape index (κ3) is 3.75. The van der Waals surface area contributed by atoms with E-state index in [0.29, 0.717) is 28.2 Å². The number of aryl methyl sites for hydroxylation is 2. The lowest BCUT2D eigenvalue weighted by Crippen LogP contribution is -2.27. The van der Waals surface area contributed by atoms with Gasteiger partial charge in [0.2, 0.25) is 5.91 Å². The topological polar surface area (TPSA) is 68.9 Å². The molecule has 4 aromatic rings. The molecule has 0 saturated heterocycles. The predicted octanol–water partition coefficient (Wildman–Crippen LogP) is 5.05. The number of rotatable bonds is 5. The van der Waals surface area contributed by atoms with Crippen LogP contribution in [0.1, 0.15) is 30.8 Å². The molecule has 0 aliphatic heterocycles. The Morgan fingerprint density at radius 2 is 1.84 bits per heavy atom. The van der Waals surface area contributed by atoms with Gasteiger partial charge in [0.1, 0.15) is 6.04 Å². The van der Waals surface area contributed by atoms with Crippen LogP contribution in [0.3, 0.4) is 0 Å². The summed E-state index contributed by atoms with van der Waals surface area (Å²) in [5, 5.41) is 9.20. The second-order valence-electron chi connectivity index (χ2n) is 7.45. The Balaban J connectivity index is 1.80. The van der Waals surface area contributed by atoms with Crippen molar-refractivity contribution in [3.63, 3.8) is 0 Å². The number of para-hydroxylation sites is 1. The highest BCUT2D eigenvalue weighted by molar-refractivity contribution is 6.30. The normalized spacial score (nSPS) is 12.1. The average Bonchev–Trinajstić information content (AvgIpc) is 3.01. The van der Waals surface area contributed by atoms with Crippen molar-refractivity contribution in [3.8, 4) is 5.69 Å². The molecule has 2 aromatic heterocycles. The Labute approximate surface area is 185 Å². The van der Waals surface area contributed by atoms with Crippen LogP contribution in [0.2, 0.25) is 5.02 Å².